The Morgan fingerprint density at radius 2 is 2.00 bits per heavy atom. The maximum absolute atomic E-state index is 13.5. The van der Waals surface area contributed by atoms with Gasteiger partial charge in [0.1, 0.15) is 12.0 Å². The average molecular weight is 388 g/mol. The minimum absolute atomic E-state index is 0.292. The van der Waals surface area contributed by atoms with Crippen molar-refractivity contribution in [3.05, 3.63) is 66.1 Å². The van der Waals surface area contributed by atoms with Gasteiger partial charge in [0.05, 0.1) is 35.2 Å². The first-order valence-corrected chi connectivity index (χ1v) is 10.0. The zero-order valence-electron chi connectivity index (χ0n) is 16.1. The predicted octanol–water partition coefficient (Wildman–Crippen LogP) is 3.26. The zero-order valence-corrected chi connectivity index (χ0v) is 16.1. The molecule has 3 unspecified atom stereocenters. The molecule has 3 aromatic rings. The molecule has 146 valence electrons. The van der Waals surface area contributed by atoms with Crippen molar-refractivity contribution in [2.45, 2.75) is 31.5 Å². The molecule has 2 aliphatic heterocycles. The van der Waals surface area contributed by atoms with E-state index in [1.165, 1.54) is 31.5 Å². The third-order valence-corrected chi connectivity index (χ3v) is 6.39. The van der Waals surface area contributed by atoms with E-state index in [2.05, 4.69) is 37.4 Å². The molecule has 2 fully saturated rings. The van der Waals surface area contributed by atoms with Crippen molar-refractivity contribution < 1.29 is 4.39 Å². The van der Waals surface area contributed by atoms with Crippen molar-refractivity contribution >= 4 is 11.4 Å². The summed E-state index contributed by atoms with van der Waals surface area (Å²) in [5.74, 6) is 0.324. The van der Waals surface area contributed by atoms with Gasteiger partial charge in [-0.2, -0.15) is 5.10 Å². The molecule has 3 aromatic heterocycles. The van der Waals surface area contributed by atoms with Crippen LogP contribution in [0.5, 0.6) is 0 Å². The van der Waals surface area contributed by atoms with Crippen molar-refractivity contribution in [1.29, 1.82) is 0 Å². The molecule has 1 aliphatic carbocycles. The molecule has 29 heavy (non-hydrogen) atoms. The third kappa shape index (κ3) is 2.57. The molecule has 3 atom stereocenters. The predicted molar refractivity (Wildman–Crippen MR) is 107 cm³/mol. The molecule has 0 aromatic carbocycles. The van der Waals surface area contributed by atoms with Crippen LogP contribution in [0, 0.1) is 11.7 Å². The van der Waals surface area contributed by atoms with E-state index in [-0.39, 0.29) is 5.82 Å². The maximum Gasteiger partial charge on any atom is 0.141 e. The van der Waals surface area contributed by atoms with E-state index in [1.54, 1.807) is 10.7 Å². The van der Waals surface area contributed by atoms with Crippen LogP contribution in [-0.2, 0) is 7.05 Å². The quantitative estimate of drug-likeness (QED) is 0.746. The number of nitrogens with one attached hydrogen (secondary N) is 1. The first-order valence-electron chi connectivity index (χ1n) is 10.0. The standard InChI is InChI=1S/C22H21FN6/c1-28-12-15(10-26-28)19-9-13(6-7-24-19)21-20(18-5-3-16(23)11-25-18)27-22-14-2-4-17(8-14)29(21)22/h3,5-7,9-12,14,17,22,27H,2,4,8H2,1H3. The summed E-state index contributed by atoms with van der Waals surface area (Å²) in [5.41, 5.74) is 5.88. The Kier molecular flexibility index (Phi) is 3.54. The van der Waals surface area contributed by atoms with E-state index in [0.717, 1.165) is 33.9 Å². The molecule has 1 saturated heterocycles. The zero-order chi connectivity index (χ0) is 19.5. The Bertz CT molecular complexity index is 1120. The normalized spacial score (nSPS) is 24.9. The Hall–Kier alpha value is -3.22. The number of hydrogen-bond donors (Lipinski definition) is 1. The monoisotopic (exact) mass is 388 g/mol. The van der Waals surface area contributed by atoms with Gasteiger partial charge in [0.25, 0.3) is 0 Å². The van der Waals surface area contributed by atoms with E-state index in [1.807, 2.05) is 25.6 Å². The first kappa shape index (κ1) is 16.7. The third-order valence-electron chi connectivity index (χ3n) is 6.39. The van der Waals surface area contributed by atoms with Crippen LogP contribution >= 0.6 is 0 Å². The molecule has 0 spiro atoms. The summed E-state index contributed by atoms with van der Waals surface area (Å²) in [7, 11) is 1.90. The molecular formula is C22H21FN6. The van der Waals surface area contributed by atoms with Gasteiger partial charge in [0, 0.05) is 36.6 Å². The maximum atomic E-state index is 13.5. The van der Waals surface area contributed by atoms with Gasteiger partial charge in [-0.3, -0.25) is 14.6 Å². The molecule has 2 bridgehead atoms. The Balaban J connectivity index is 1.50. The van der Waals surface area contributed by atoms with E-state index in [0.29, 0.717) is 18.1 Å². The summed E-state index contributed by atoms with van der Waals surface area (Å²) in [5, 5.41) is 7.99. The van der Waals surface area contributed by atoms with E-state index in [4.69, 9.17) is 0 Å². The molecule has 6 rings (SSSR count). The van der Waals surface area contributed by atoms with Crippen LogP contribution in [0.25, 0.3) is 22.7 Å². The molecule has 1 saturated carbocycles. The van der Waals surface area contributed by atoms with Crippen molar-refractivity contribution in [1.82, 2.24) is 30.0 Å². The summed E-state index contributed by atoms with van der Waals surface area (Å²) < 4.78 is 15.3. The smallest absolute Gasteiger partial charge is 0.141 e. The molecule has 7 heteroatoms. The summed E-state index contributed by atoms with van der Waals surface area (Å²) in [6, 6.07) is 7.94. The molecular weight excluding hydrogens is 367 g/mol. The number of piperidine rings is 1. The summed E-state index contributed by atoms with van der Waals surface area (Å²) in [6.45, 7) is 0. The van der Waals surface area contributed by atoms with Crippen LogP contribution in [0.3, 0.4) is 0 Å². The van der Waals surface area contributed by atoms with Gasteiger partial charge in [0.2, 0.25) is 0 Å². The van der Waals surface area contributed by atoms with Crippen molar-refractivity contribution in [2.24, 2.45) is 13.0 Å². The van der Waals surface area contributed by atoms with Crippen LogP contribution in [0.2, 0.25) is 0 Å². The van der Waals surface area contributed by atoms with Gasteiger partial charge in [-0.05, 0) is 49.4 Å². The van der Waals surface area contributed by atoms with Crippen LogP contribution in [0.4, 0.5) is 4.39 Å². The second-order valence-electron chi connectivity index (χ2n) is 8.14. The van der Waals surface area contributed by atoms with Crippen LogP contribution in [0.15, 0.2) is 49.1 Å². The summed E-state index contributed by atoms with van der Waals surface area (Å²) >= 11 is 0. The van der Waals surface area contributed by atoms with Crippen molar-refractivity contribution in [3.8, 4) is 11.3 Å². The lowest BCUT2D eigenvalue weighted by Gasteiger charge is -2.33. The second-order valence-corrected chi connectivity index (χ2v) is 8.14. The highest BCUT2D eigenvalue weighted by Crippen LogP contribution is 2.50. The van der Waals surface area contributed by atoms with Crippen LogP contribution in [-0.4, -0.2) is 36.9 Å². The van der Waals surface area contributed by atoms with Gasteiger partial charge in [-0.15, -0.1) is 0 Å². The fourth-order valence-electron chi connectivity index (χ4n) is 5.14. The van der Waals surface area contributed by atoms with Gasteiger partial charge in [0.15, 0.2) is 0 Å². The highest BCUT2D eigenvalue weighted by Gasteiger charge is 2.51. The van der Waals surface area contributed by atoms with Crippen LogP contribution < -0.4 is 5.32 Å². The van der Waals surface area contributed by atoms with Gasteiger partial charge in [-0.25, -0.2) is 4.39 Å². The largest absolute Gasteiger partial charge is 0.361 e. The Morgan fingerprint density at radius 3 is 2.79 bits per heavy atom. The fraction of sp³-hybridized carbons (Fsp3) is 0.318. The van der Waals surface area contributed by atoms with Gasteiger partial charge in [-0.1, -0.05) is 0 Å². The average Bonchev–Trinajstić information content (AvgIpc) is 3.50. The number of hydrogen-bond acceptors (Lipinski definition) is 5. The number of rotatable bonds is 3. The number of aryl methyl sites for hydroxylation is 1. The lowest BCUT2D eigenvalue weighted by molar-refractivity contribution is 0.218. The SMILES string of the molecule is Cn1cc(-c2cc(C3=C(c4ccc(F)cn4)NC4C5CCC(C5)N34)ccn2)cn1. The molecule has 1 N–H and O–H groups in total. The van der Waals surface area contributed by atoms with E-state index >= 15 is 0 Å². The number of nitrogens with zero attached hydrogens (tertiary/aromatic N) is 5. The van der Waals surface area contributed by atoms with E-state index < -0.39 is 0 Å². The summed E-state index contributed by atoms with van der Waals surface area (Å²) in [6.07, 6.45) is 10.9. The lowest BCUT2D eigenvalue weighted by atomic mass is 10.0. The summed E-state index contributed by atoms with van der Waals surface area (Å²) in [4.78, 5) is 11.4. The molecule has 5 heterocycles. The topological polar surface area (TPSA) is 58.9 Å². The number of pyridine rings is 2. The number of fused-ring (bicyclic) bond motifs is 5. The minimum Gasteiger partial charge on any atom is -0.361 e. The minimum atomic E-state index is -0.322. The van der Waals surface area contributed by atoms with Gasteiger partial charge >= 0.3 is 0 Å². The second kappa shape index (κ2) is 6.14. The first-order chi connectivity index (χ1) is 14.2. The highest BCUT2D eigenvalue weighted by atomic mass is 19.1. The number of aromatic nitrogens is 4. The fourth-order valence-corrected chi connectivity index (χ4v) is 5.14. The number of halogens is 1. The van der Waals surface area contributed by atoms with E-state index in [9.17, 15) is 4.39 Å². The van der Waals surface area contributed by atoms with Crippen LogP contribution in [0.1, 0.15) is 30.5 Å². The lowest BCUT2D eigenvalue weighted by Crippen LogP contribution is -2.41. The Labute approximate surface area is 168 Å². The molecule has 6 nitrogen and oxygen atoms in total. The van der Waals surface area contributed by atoms with Crippen molar-refractivity contribution in [3.63, 3.8) is 0 Å². The Morgan fingerprint density at radius 1 is 1.07 bits per heavy atom. The van der Waals surface area contributed by atoms with Crippen molar-refractivity contribution in [2.75, 3.05) is 0 Å². The molecule has 3 aliphatic rings. The highest BCUT2D eigenvalue weighted by molar-refractivity contribution is 5.91. The molecule has 0 radical (unpaired) electrons. The van der Waals surface area contributed by atoms with Gasteiger partial charge < -0.3 is 10.2 Å². The molecule has 0 amide bonds.